The van der Waals surface area contributed by atoms with Gasteiger partial charge in [-0.05, 0) is 27.8 Å². The highest BCUT2D eigenvalue weighted by atomic mass is 79.9. The molecule has 0 saturated carbocycles. The average molecular weight is 337 g/mol. The van der Waals surface area contributed by atoms with Crippen molar-refractivity contribution in [1.29, 1.82) is 0 Å². The molecule has 0 saturated heterocycles. The zero-order chi connectivity index (χ0) is 13.9. The lowest BCUT2D eigenvalue weighted by molar-refractivity contribution is 0.448. The van der Waals surface area contributed by atoms with E-state index in [0.717, 1.165) is 4.47 Å². The molecule has 0 radical (unpaired) electrons. The van der Waals surface area contributed by atoms with Gasteiger partial charge in [0.2, 0.25) is 0 Å². The van der Waals surface area contributed by atoms with Gasteiger partial charge in [-0.3, -0.25) is 4.68 Å². The molecule has 0 aromatic carbocycles. The van der Waals surface area contributed by atoms with Gasteiger partial charge in [0.05, 0.1) is 28.2 Å². The summed E-state index contributed by atoms with van der Waals surface area (Å²) < 4.78 is 27.2. The molecule has 1 heterocycles. The Morgan fingerprint density at radius 2 is 1.83 bits per heavy atom. The molecule has 0 unspecified atom stereocenters. The molecular weight excluding hydrogens is 316 g/mol. The van der Waals surface area contributed by atoms with Crippen LogP contribution in [-0.2, 0) is 16.4 Å². The molecule has 0 aliphatic rings. The summed E-state index contributed by atoms with van der Waals surface area (Å²) in [5.74, 6) is 0.418. The Hall–Kier alpha value is -0.360. The van der Waals surface area contributed by atoms with Crippen molar-refractivity contribution in [1.82, 2.24) is 9.78 Å². The third kappa shape index (κ3) is 4.09. The molecule has 1 aromatic heterocycles. The molecule has 104 valence electrons. The molecule has 0 aliphatic carbocycles. The Bertz CT molecular complexity index is 472. The predicted molar refractivity (Wildman–Crippen MR) is 77.2 cm³/mol. The van der Waals surface area contributed by atoms with E-state index in [9.17, 15) is 8.42 Å². The third-order valence-electron chi connectivity index (χ3n) is 2.94. The highest BCUT2D eigenvalue weighted by Crippen LogP contribution is 2.22. The summed E-state index contributed by atoms with van der Waals surface area (Å²) in [5, 5.41) is 3.79. The van der Waals surface area contributed by atoms with Crippen molar-refractivity contribution in [3.8, 4) is 0 Å². The molecule has 1 rings (SSSR count). The lowest BCUT2D eigenvalue weighted by Crippen LogP contribution is -2.35. The zero-order valence-electron chi connectivity index (χ0n) is 11.3. The third-order valence-corrected chi connectivity index (χ3v) is 6.01. The van der Waals surface area contributed by atoms with Crippen LogP contribution < -0.4 is 0 Å². The van der Waals surface area contributed by atoms with Crippen molar-refractivity contribution in [2.24, 2.45) is 11.8 Å². The maximum Gasteiger partial charge on any atom is 0.155 e. The van der Waals surface area contributed by atoms with E-state index in [1.165, 1.54) is 0 Å². The fraction of sp³-hybridized carbons (Fsp3) is 0.750. The van der Waals surface area contributed by atoms with Gasteiger partial charge in [0.15, 0.2) is 9.84 Å². The molecule has 0 atom stereocenters. The summed E-state index contributed by atoms with van der Waals surface area (Å²) in [6.07, 6.45) is 3.45. The van der Waals surface area contributed by atoms with E-state index in [1.54, 1.807) is 17.1 Å². The molecule has 0 fully saturated rings. The standard InChI is InChI=1S/C12H21BrN2O2S/c1-9(2)12(10(3)4)18(16,17)6-5-15-8-11(13)7-14-15/h7-10,12H,5-6H2,1-4H3. The smallest absolute Gasteiger partial charge is 0.155 e. The van der Waals surface area contributed by atoms with Crippen LogP contribution in [-0.4, -0.2) is 29.2 Å². The number of nitrogens with zero attached hydrogens (tertiary/aromatic N) is 2. The number of hydrogen-bond donors (Lipinski definition) is 0. The molecule has 0 spiro atoms. The number of aryl methyl sites for hydroxylation is 1. The lowest BCUT2D eigenvalue weighted by atomic mass is 10.0. The van der Waals surface area contributed by atoms with Crippen molar-refractivity contribution in [2.75, 3.05) is 5.75 Å². The number of rotatable bonds is 6. The number of halogens is 1. The van der Waals surface area contributed by atoms with E-state index in [4.69, 9.17) is 0 Å². The minimum absolute atomic E-state index is 0.138. The van der Waals surface area contributed by atoms with Crippen molar-refractivity contribution in [2.45, 2.75) is 39.5 Å². The maximum atomic E-state index is 12.3. The summed E-state index contributed by atoms with van der Waals surface area (Å²) in [7, 11) is -3.09. The van der Waals surface area contributed by atoms with Crippen molar-refractivity contribution < 1.29 is 8.42 Å². The summed E-state index contributed by atoms with van der Waals surface area (Å²) in [5.41, 5.74) is 0. The molecule has 0 bridgehead atoms. The molecule has 0 aliphatic heterocycles. The molecule has 1 aromatic rings. The Morgan fingerprint density at radius 1 is 1.28 bits per heavy atom. The summed E-state index contributed by atoms with van der Waals surface area (Å²) >= 11 is 3.30. The highest BCUT2D eigenvalue weighted by molar-refractivity contribution is 9.10. The average Bonchev–Trinajstić information content (AvgIpc) is 2.59. The number of hydrogen-bond acceptors (Lipinski definition) is 3. The molecule has 18 heavy (non-hydrogen) atoms. The second-order valence-electron chi connectivity index (χ2n) is 5.24. The van der Waals surface area contributed by atoms with Gasteiger partial charge in [-0.1, -0.05) is 27.7 Å². The van der Waals surface area contributed by atoms with Crippen LogP contribution in [0.25, 0.3) is 0 Å². The Labute approximate surface area is 118 Å². The second kappa shape index (κ2) is 6.19. The van der Waals surface area contributed by atoms with Crippen LogP contribution in [0.5, 0.6) is 0 Å². The maximum absolute atomic E-state index is 12.3. The van der Waals surface area contributed by atoms with E-state index >= 15 is 0 Å². The molecule has 0 N–H and O–H groups in total. The van der Waals surface area contributed by atoms with Crippen LogP contribution in [0.15, 0.2) is 16.9 Å². The fourth-order valence-electron chi connectivity index (χ4n) is 2.42. The fourth-order valence-corrected chi connectivity index (χ4v) is 5.12. The van der Waals surface area contributed by atoms with Gasteiger partial charge in [0.1, 0.15) is 0 Å². The van der Waals surface area contributed by atoms with Gasteiger partial charge >= 0.3 is 0 Å². The van der Waals surface area contributed by atoms with Crippen molar-refractivity contribution in [3.05, 3.63) is 16.9 Å². The SMILES string of the molecule is CC(C)C(C(C)C)S(=O)(=O)CCn1cc(Br)cn1. The van der Waals surface area contributed by atoms with E-state index in [2.05, 4.69) is 21.0 Å². The molecular formula is C12H21BrN2O2S. The first-order chi connectivity index (χ1) is 8.24. The van der Waals surface area contributed by atoms with Crippen LogP contribution in [0.1, 0.15) is 27.7 Å². The molecule has 6 heteroatoms. The number of aromatic nitrogens is 2. The minimum atomic E-state index is -3.09. The Kier molecular flexibility index (Phi) is 5.40. The van der Waals surface area contributed by atoms with E-state index in [-0.39, 0.29) is 22.8 Å². The summed E-state index contributed by atoms with van der Waals surface area (Å²) in [4.78, 5) is 0. The quantitative estimate of drug-likeness (QED) is 0.802. The van der Waals surface area contributed by atoms with Gasteiger partial charge in [-0.15, -0.1) is 0 Å². The first-order valence-electron chi connectivity index (χ1n) is 6.13. The highest BCUT2D eigenvalue weighted by Gasteiger charge is 2.31. The van der Waals surface area contributed by atoms with Crippen molar-refractivity contribution in [3.63, 3.8) is 0 Å². The van der Waals surface area contributed by atoms with Crippen LogP contribution >= 0.6 is 15.9 Å². The lowest BCUT2D eigenvalue weighted by Gasteiger charge is -2.24. The van der Waals surface area contributed by atoms with Crippen LogP contribution in [0, 0.1) is 11.8 Å². The second-order valence-corrected chi connectivity index (χ2v) is 8.44. The summed E-state index contributed by atoms with van der Waals surface area (Å²) in [6, 6.07) is 0. The van der Waals surface area contributed by atoms with Gasteiger partial charge in [-0.25, -0.2) is 8.42 Å². The zero-order valence-corrected chi connectivity index (χ0v) is 13.7. The summed E-state index contributed by atoms with van der Waals surface area (Å²) in [6.45, 7) is 8.27. The first-order valence-corrected chi connectivity index (χ1v) is 8.64. The minimum Gasteiger partial charge on any atom is -0.271 e. The van der Waals surface area contributed by atoms with E-state index < -0.39 is 9.84 Å². The predicted octanol–water partition coefficient (Wildman–Crippen LogP) is 2.74. The van der Waals surface area contributed by atoms with Gasteiger partial charge in [-0.2, -0.15) is 5.10 Å². The Morgan fingerprint density at radius 3 is 2.22 bits per heavy atom. The first kappa shape index (κ1) is 15.7. The van der Waals surface area contributed by atoms with Crippen LogP contribution in [0.2, 0.25) is 0 Å². The normalized spacial score (nSPS) is 12.9. The largest absolute Gasteiger partial charge is 0.271 e. The molecule has 0 amide bonds. The van der Waals surface area contributed by atoms with Gasteiger partial charge in [0, 0.05) is 6.20 Å². The van der Waals surface area contributed by atoms with E-state index in [1.807, 2.05) is 27.7 Å². The number of sulfone groups is 1. The molecule has 4 nitrogen and oxygen atoms in total. The van der Waals surface area contributed by atoms with Crippen LogP contribution in [0.3, 0.4) is 0 Å². The monoisotopic (exact) mass is 336 g/mol. The van der Waals surface area contributed by atoms with Crippen molar-refractivity contribution >= 4 is 25.8 Å². The Balaban J connectivity index is 2.74. The topological polar surface area (TPSA) is 52.0 Å². The van der Waals surface area contributed by atoms with Gasteiger partial charge < -0.3 is 0 Å². The van der Waals surface area contributed by atoms with E-state index in [0.29, 0.717) is 6.54 Å². The van der Waals surface area contributed by atoms with Gasteiger partial charge in [0.25, 0.3) is 0 Å². The van der Waals surface area contributed by atoms with Crippen LogP contribution in [0.4, 0.5) is 0 Å².